The van der Waals surface area contributed by atoms with E-state index in [4.69, 9.17) is 4.98 Å². The molecule has 1 saturated carbocycles. The lowest BCUT2D eigenvalue weighted by Crippen LogP contribution is -2.38. The van der Waals surface area contributed by atoms with Crippen LogP contribution in [0.3, 0.4) is 0 Å². The highest BCUT2D eigenvalue weighted by Crippen LogP contribution is 2.36. The van der Waals surface area contributed by atoms with Gasteiger partial charge in [-0.2, -0.15) is 0 Å². The van der Waals surface area contributed by atoms with Crippen molar-refractivity contribution in [3.8, 4) is 11.1 Å². The minimum Gasteiger partial charge on any atom is -0.350 e. The van der Waals surface area contributed by atoms with Gasteiger partial charge in [-0.05, 0) is 73.6 Å². The summed E-state index contributed by atoms with van der Waals surface area (Å²) in [6, 6.07) is 21.0. The summed E-state index contributed by atoms with van der Waals surface area (Å²) in [5.41, 5.74) is 5.79. The Morgan fingerprint density at radius 1 is 0.947 bits per heavy atom. The van der Waals surface area contributed by atoms with Crippen LogP contribution in [0.2, 0.25) is 0 Å². The van der Waals surface area contributed by atoms with E-state index in [0.29, 0.717) is 11.5 Å². The van der Waals surface area contributed by atoms with Crippen LogP contribution in [-0.4, -0.2) is 38.0 Å². The van der Waals surface area contributed by atoms with Crippen LogP contribution in [0.15, 0.2) is 72.9 Å². The van der Waals surface area contributed by atoms with Gasteiger partial charge < -0.3 is 14.0 Å². The molecule has 1 amide bonds. The zero-order valence-corrected chi connectivity index (χ0v) is 21.6. The largest absolute Gasteiger partial charge is 0.350 e. The molecule has 38 heavy (non-hydrogen) atoms. The number of benzene rings is 3. The van der Waals surface area contributed by atoms with Gasteiger partial charge in [0.2, 0.25) is 0 Å². The number of fused-ring (bicyclic) bond motifs is 2. The molecule has 1 aliphatic heterocycles. The second kappa shape index (κ2) is 9.12. The van der Waals surface area contributed by atoms with Crippen LogP contribution in [0.1, 0.15) is 47.8 Å². The Labute approximate surface area is 221 Å². The van der Waals surface area contributed by atoms with Crippen LogP contribution >= 0.6 is 0 Å². The molecular formula is C32H31FN4O. The third-order valence-electron chi connectivity index (χ3n) is 8.34. The smallest absolute Gasteiger partial charge is 0.253 e. The van der Waals surface area contributed by atoms with Gasteiger partial charge in [-0.1, -0.05) is 30.3 Å². The molecule has 0 bridgehead atoms. The molecule has 0 atom stereocenters. The predicted octanol–water partition coefficient (Wildman–Crippen LogP) is 6.76. The SMILES string of the molecule is Cn1cc(-c2cccc(F)c2)c2ccc(C(=O)N3CCC(c4nc5ccccc5n4CC4CC4)CC3)cc21. The lowest BCUT2D eigenvalue weighted by Gasteiger charge is -2.32. The van der Waals surface area contributed by atoms with Crippen molar-refractivity contribution < 1.29 is 9.18 Å². The van der Waals surface area contributed by atoms with Gasteiger partial charge in [0.15, 0.2) is 0 Å². The van der Waals surface area contributed by atoms with Gasteiger partial charge in [-0.15, -0.1) is 0 Å². The molecule has 1 saturated heterocycles. The maximum absolute atomic E-state index is 13.8. The van der Waals surface area contributed by atoms with Crippen molar-refractivity contribution in [1.29, 1.82) is 0 Å². The molecule has 0 radical (unpaired) electrons. The Morgan fingerprint density at radius 2 is 1.76 bits per heavy atom. The molecule has 0 unspecified atom stereocenters. The van der Waals surface area contributed by atoms with Crippen molar-refractivity contribution in [3.63, 3.8) is 0 Å². The number of hydrogen-bond acceptors (Lipinski definition) is 2. The first-order valence-corrected chi connectivity index (χ1v) is 13.6. The number of imidazole rings is 1. The Kier molecular flexibility index (Phi) is 5.57. The molecule has 2 fully saturated rings. The van der Waals surface area contributed by atoms with E-state index < -0.39 is 0 Å². The quantitative estimate of drug-likeness (QED) is 0.264. The van der Waals surface area contributed by atoms with E-state index in [1.165, 1.54) is 30.2 Å². The fourth-order valence-corrected chi connectivity index (χ4v) is 6.08. The zero-order chi connectivity index (χ0) is 25.8. The van der Waals surface area contributed by atoms with Crippen molar-refractivity contribution in [2.45, 2.75) is 38.1 Å². The molecule has 192 valence electrons. The minimum atomic E-state index is -0.252. The number of aromatic nitrogens is 3. The number of para-hydroxylation sites is 2. The molecule has 2 aliphatic rings. The van der Waals surface area contributed by atoms with E-state index in [2.05, 4.69) is 28.8 Å². The van der Waals surface area contributed by atoms with Crippen molar-refractivity contribution in [2.75, 3.05) is 13.1 Å². The number of nitrogens with zero attached hydrogens (tertiary/aromatic N) is 4. The van der Waals surface area contributed by atoms with Crippen LogP contribution in [0.5, 0.6) is 0 Å². The summed E-state index contributed by atoms with van der Waals surface area (Å²) in [4.78, 5) is 20.6. The Balaban J connectivity index is 1.11. The Morgan fingerprint density at radius 3 is 2.55 bits per heavy atom. The summed E-state index contributed by atoms with van der Waals surface area (Å²) >= 11 is 0. The first kappa shape index (κ1) is 23.2. The third-order valence-corrected chi connectivity index (χ3v) is 8.34. The molecule has 5 nitrogen and oxygen atoms in total. The number of piperidine rings is 1. The van der Waals surface area contributed by atoms with E-state index in [1.807, 2.05) is 47.0 Å². The predicted molar refractivity (Wildman–Crippen MR) is 149 cm³/mol. The molecule has 2 aromatic heterocycles. The first-order valence-electron chi connectivity index (χ1n) is 13.6. The highest BCUT2D eigenvalue weighted by molar-refractivity contribution is 6.02. The van der Waals surface area contributed by atoms with Gasteiger partial charge >= 0.3 is 0 Å². The summed E-state index contributed by atoms with van der Waals surface area (Å²) in [6.07, 6.45) is 6.49. The lowest BCUT2D eigenvalue weighted by atomic mass is 9.95. The van der Waals surface area contributed by atoms with Crippen LogP contribution in [0.4, 0.5) is 4.39 Å². The Hall–Kier alpha value is -3.93. The van der Waals surface area contributed by atoms with Gasteiger partial charge in [0.05, 0.1) is 11.0 Å². The monoisotopic (exact) mass is 506 g/mol. The van der Waals surface area contributed by atoms with Gasteiger partial charge in [0.1, 0.15) is 11.6 Å². The number of likely N-dealkylation sites (tertiary alicyclic amines) is 1. The summed E-state index contributed by atoms with van der Waals surface area (Å²) in [6.45, 7) is 2.52. The van der Waals surface area contributed by atoms with Crippen molar-refractivity contribution in [1.82, 2.24) is 19.0 Å². The van der Waals surface area contributed by atoms with Crippen LogP contribution in [-0.2, 0) is 13.6 Å². The summed E-state index contributed by atoms with van der Waals surface area (Å²) < 4.78 is 18.3. The average molecular weight is 507 g/mol. The molecule has 6 heteroatoms. The normalized spacial score (nSPS) is 16.5. The van der Waals surface area contributed by atoms with Crippen LogP contribution < -0.4 is 0 Å². The first-order chi connectivity index (χ1) is 18.5. The number of hydrogen-bond donors (Lipinski definition) is 0. The molecule has 3 aromatic carbocycles. The number of amides is 1. The zero-order valence-electron chi connectivity index (χ0n) is 21.6. The maximum Gasteiger partial charge on any atom is 0.253 e. The molecule has 3 heterocycles. The Bertz CT molecular complexity index is 1670. The minimum absolute atomic E-state index is 0.0744. The molecule has 0 spiro atoms. The van der Waals surface area contributed by atoms with Gasteiger partial charge in [0, 0.05) is 60.8 Å². The molecule has 7 rings (SSSR count). The number of carbonyl (C=O) groups is 1. The fourth-order valence-electron chi connectivity index (χ4n) is 6.08. The van der Waals surface area contributed by atoms with E-state index >= 15 is 0 Å². The third kappa shape index (κ3) is 4.08. The van der Waals surface area contributed by atoms with Gasteiger partial charge in [-0.25, -0.2) is 9.37 Å². The van der Waals surface area contributed by atoms with E-state index in [-0.39, 0.29) is 11.7 Å². The van der Waals surface area contributed by atoms with Crippen LogP contribution in [0, 0.1) is 11.7 Å². The number of halogens is 1. The van der Waals surface area contributed by atoms with Crippen molar-refractivity contribution in [2.24, 2.45) is 13.0 Å². The number of rotatable bonds is 5. The average Bonchev–Trinajstić information content (AvgIpc) is 3.61. The highest BCUT2D eigenvalue weighted by atomic mass is 19.1. The summed E-state index contributed by atoms with van der Waals surface area (Å²) in [7, 11) is 1.97. The molecule has 5 aromatic rings. The summed E-state index contributed by atoms with van der Waals surface area (Å²) in [5.74, 6) is 2.17. The second-order valence-corrected chi connectivity index (χ2v) is 11.0. The van der Waals surface area contributed by atoms with E-state index in [9.17, 15) is 9.18 Å². The maximum atomic E-state index is 13.8. The van der Waals surface area contributed by atoms with E-state index in [1.54, 1.807) is 12.1 Å². The fraction of sp³-hybridized carbons (Fsp3) is 0.312. The topological polar surface area (TPSA) is 43.1 Å². The van der Waals surface area contributed by atoms with Crippen molar-refractivity contribution >= 4 is 27.8 Å². The second-order valence-electron chi connectivity index (χ2n) is 11.0. The molecule has 0 N–H and O–H groups in total. The van der Waals surface area contributed by atoms with Gasteiger partial charge in [-0.3, -0.25) is 4.79 Å². The van der Waals surface area contributed by atoms with Gasteiger partial charge in [0.25, 0.3) is 5.91 Å². The van der Waals surface area contributed by atoms with Crippen molar-refractivity contribution in [3.05, 3.63) is 90.1 Å². The number of carbonyl (C=O) groups excluding carboxylic acids is 1. The standard InChI is InChI=1S/C32H31FN4O/c1-35-20-27(23-5-4-6-25(33)17-23)26-12-11-24(18-30(26)35)32(38)36-15-13-22(14-16-36)31-34-28-7-2-3-8-29(28)37(31)19-21-9-10-21/h2-8,11-12,17-18,20-22H,9-10,13-16,19H2,1H3. The van der Waals surface area contributed by atoms with Crippen LogP contribution in [0.25, 0.3) is 33.1 Å². The van der Waals surface area contributed by atoms with E-state index in [0.717, 1.165) is 65.9 Å². The summed E-state index contributed by atoms with van der Waals surface area (Å²) in [5, 5.41) is 1.02. The molecular weight excluding hydrogens is 475 g/mol. The lowest BCUT2D eigenvalue weighted by molar-refractivity contribution is 0.0710. The highest BCUT2D eigenvalue weighted by Gasteiger charge is 2.30. The number of aryl methyl sites for hydroxylation is 1. The molecule has 1 aliphatic carbocycles.